The number of hydrogen-bond donors (Lipinski definition) is 2. The Morgan fingerprint density at radius 1 is 0.591 bits per heavy atom. The third kappa shape index (κ3) is 5.23. The predicted molar refractivity (Wildman–Crippen MR) is 173 cm³/mol. The Bertz CT molecular complexity index is 1580. The van der Waals surface area contributed by atoms with Crippen LogP contribution in [0, 0.1) is 0 Å². The molecular weight excluding hydrogens is 595 g/mol. The second kappa shape index (κ2) is 11.9. The molecule has 8 nitrogen and oxygen atoms in total. The summed E-state index contributed by atoms with van der Waals surface area (Å²) in [5.74, 6) is 1.37. The largest absolute Gasteiger partial charge is 0.476 e. The molecular formula is C34H34Cl2N6O2. The molecule has 2 fully saturated rings. The third-order valence-electron chi connectivity index (χ3n) is 9.25. The summed E-state index contributed by atoms with van der Waals surface area (Å²) in [5, 5.41) is 7.92. The molecule has 10 heteroatoms. The first-order valence-electron chi connectivity index (χ1n) is 15.4. The van der Waals surface area contributed by atoms with Crippen molar-refractivity contribution in [1.82, 2.24) is 30.4 Å². The second-order valence-electron chi connectivity index (χ2n) is 11.9. The van der Waals surface area contributed by atoms with E-state index in [1.54, 1.807) is 0 Å². The van der Waals surface area contributed by atoms with Crippen LogP contribution in [0.1, 0.15) is 11.1 Å². The van der Waals surface area contributed by atoms with Crippen molar-refractivity contribution in [2.75, 3.05) is 52.5 Å². The summed E-state index contributed by atoms with van der Waals surface area (Å²) >= 11 is 14.2. The van der Waals surface area contributed by atoms with Gasteiger partial charge < -0.3 is 20.1 Å². The molecule has 4 aliphatic rings. The van der Waals surface area contributed by atoms with E-state index in [2.05, 4.69) is 32.6 Å². The minimum Gasteiger partial charge on any atom is -0.476 e. The van der Waals surface area contributed by atoms with Gasteiger partial charge >= 0.3 is 0 Å². The average molecular weight is 630 g/mol. The van der Waals surface area contributed by atoms with Crippen molar-refractivity contribution < 1.29 is 9.47 Å². The van der Waals surface area contributed by atoms with Crippen LogP contribution in [0.25, 0.3) is 33.6 Å². The summed E-state index contributed by atoms with van der Waals surface area (Å²) in [6.45, 7) is 8.81. The lowest BCUT2D eigenvalue weighted by Crippen LogP contribution is -2.57. The molecule has 0 spiro atoms. The van der Waals surface area contributed by atoms with Gasteiger partial charge in [-0.25, -0.2) is 9.97 Å². The van der Waals surface area contributed by atoms with Crippen LogP contribution in [-0.2, 0) is 13.1 Å². The van der Waals surface area contributed by atoms with E-state index in [9.17, 15) is 0 Å². The zero-order chi connectivity index (χ0) is 29.6. The van der Waals surface area contributed by atoms with E-state index in [-0.39, 0.29) is 0 Å². The number of nitrogens with one attached hydrogen (secondary N) is 2. The summed E-state index contributed by atoms with van der Waals surface area (Å²) in [5.41, 5.74) is 7.11. The van der Waals surface area contributed by atoms with Gasteiger partial charge in [-0.1, -0.05) is 71.7 Å². The fourth-order valence-corrected chi connectivity index (χ4v) is 7.06. The molecule has 0 radical (unpaired) electrons. The number of aromatic nitrogens is 2. The first-order valence-corrected chi connectivity index (χ1v) is 16.1. The van der Waals surface area contributed by atoms with Gasteiger partial charge in [-0.2, -0.15) is 0 Å². The minimum absolute atomic E-state index is 0.560. The van der Waals surface area contributed by atoms with E-state index in [0.717, 1.165) is 97.1 Å². The van der Waals surface area contributed by atoms with Gasteiger partial charge in [0, 0.05) is 97.8 Å². The van der Waals surface area contributed by atoms with Crippen LogP contribution < -0.4 is 20.1 Å². The number of benzene rings is 2. The lowest BCUT2D eigenvalue weighted by molar-refractivity contribution is 0.127. The molecule has 0 unspecified atom stereocenters. The van der Waals surface area contributed by atoms with Crippen LogP contribution in [0.15, 0.2) is 60.7 Å². The molecule has 2 N–H and O–H groups in total. The Balaban J connectivity index is 1.09. The summed E-state index contributed by atoms with van der Waals surface area (Å²) in [6, 6.07) is 21.4. The van der Waals surface area contributed by atoms with Crippen molar-refractivity contribution in [1.29, 1.82) is 0 Å². The molecule has 0 aliphatic carbocycles. The smallest absolute Gasteiger partial charge is 0.218 e. The molecule has 2 saturated heterocycles. The number of nitrogens with zero attached hydrogens (tertiary/aromatic N) is 4. The fraction of sp³-hybridized carbons (Fsp3) is 0.353. The summed E-state index contributed by atoms with van der Waals surface area (Å²) < 4.78 is 12.2. The standard InChI is InChI=1S/C34H34Cl2N6O2/c35-31-25(3-1-5-27(31)29-9-7-21-19-41(23-15-37-16-23)11-13-43-33(21)39-29)26-4-2-6-28(32(26)36)30-10-8-22-20-42(24-17-38-18-24)12-14-44-34(22)40-30/h1-10,23-24,37-38H,11-20H2. The van der Waals surface area contributed by atoms with E-state index < -0.39 is 0 Å². The van der Waals surface area contributed by atoms with Crippen molar-refractivity contribution in [3.05, 3.63) is 81.8 Å². The number of pyridine rings is 2. The number of hydrogen-bond acceptors (Lipinski definition) is 8. The van der Waals surface area contributed by atoms with Crippen LogP contribution in [0.4, 0.5) is 0 Å². The number of ether oxygens (including phenoxy) is 2. The average Bonchev–Trinajstić information content (AvgIpc) is 3.31. The number of halogens is 2. The molecule has 0 atom stereocenters. The maximum absolute atomic E-state index is 7.12. The van der Waals surface area contributed by atoms with Gasteiger partial charge in [0.1, 0.15) is 13.2 Å². The molecule has 4 aliphatic heterocycles. The van der Waals surface area contributed by atoms with Gasteiger partial charge in [0.15, 0.2) is 0 Å². The SMILES string of the molecule is Clc1c(-c2ccc3c(n2)OCCN(C2CNC2)C3)cccc1-c1cccc(-c2ccc3c(n2)OCCN(C2CNC2)C3)c1Cl. The Morgan fingerprint density at radius 2 is 1.02 bits per heavy atom. The Kier molecular flexibility index (Phi) is 7.66. The van der Waals surface area contributed by atoms with Crippen molar-refractivity contribution in [3.8, 4) is 45.4 Å². The summed E-state index contributed by atoms with van der Waals surface area (Å²) in [6.07, 6.45) is 0. The van der Waals surface area contributed by atoms with E-state index in [1.165, 1.54) is 0 Å². The lowest BCUT2D eigenvalue weighted by Gasteiger charge is -2.37. The van der Waals surface area contributed by atoms with Crippen LogP contribution in [0.5, 0.6) is 11.8 Å². The molecule has 0 saturated carbocycles. The molecule has 2 aromatic carbocycles. The van der Waals surface area contributed by atoms with Crippen LogP contribution in [0.3, 0.4) is 0 Å². The quantitative estimate of drug-likeness (QED) is 0.316. The van der Waals surface area contributed by atoms with Gasteiger partial charge in [0.2, 0.25) is 11.8 Å². The normalized spacial score (nSPS) is 19.4. The summed E-state index contributed by atoms with van der Waals surface area (Å²) in [4.78, 5) is 14.8. The lowest BCUT2D eigenvalue weighted by atomic mass is 9.98. The van der Waals surface area contributed by atoms with Gasteiger partial charge in [-0.15, -0.1) is 0 Å². The first-order chi connectivity index (χ1) is 21.6. The second-order valence-corrected chi connectivity index (χ2v) is 12.7. The van der Waals surface area contributed by atoms with Gasteiger partial charge in [0.25, 0.3) is 0 Å². The van der Waals surface area contributed by atoms with Crippen LogP contribution in [0.2, 0.25) is 10.0 Å². The molecule has 0 amide bonds. The highest BCUT2D eigenvalue weighted by Gasteiger charge is 2.29. The van der Waals surface area contributed by atoms with Gasteiger partial charge in [-0.3, -0.25) is 9.80 Å². The topological polar surface area (TPSA) is 74.8 Å². The molecule has 44 heavy (non-hydrogen) atoms. The molecule has 0 bridgehead atoms. The monoisotopic (exact) mass is 628 g/mol. The third-order valence-corrected chi connectivity index (χ3v) is 10.1. The minimum atomic E-state index is 0.560. The Morgan fingerprint density at radius 3 is 1.43 bits per heavy atom. The summed E-state index contributed by atoms with van der Waals surface area (Å²) in [7, 11) is 0. The Hall–Kier alpha value is -3.24. The number of rotatable bonds is 5. The first kappa shape index (κ1) is 28.2. The van der Waals surface area contributed by atoms with Crippen molar-refractivity contribution in [3.63, 3.8) is 0 Å². The molecule has 226 valence electrons. The Labute approximate surface area is 267 Å². The van der Waals surface area contributed by atoms with E-state index in [0.29, 0.717) is 47.1 Å². The van der Waals surface area contributed by atoms with E-state index in [1.807, 2.05) is 48.5 Å². The fourth-order valence-electron chi connectivity index (χ4n) is 6.41. The van der Waals surface area contributed by atoms with Crippen molar-refractivity contribution in [2.24, 2.45) is 0 Å². The highest BCUT2D eigenvalue weighted by molar-refractivity contribution is 6.39. The van der Waals surface area contributed by atoms with Gasteiger partial charge in [0.05, 0.1) is 21.4 Å². The molecule has 4 aromatic rings. The predicted octanol–water partition coefficient (Wildman–Crippen LogP) is 5.12. The maximum atomic E-state index is 7.12. The van der Waals surface area contributed by atoms with Gasteiger partial charge in [-0.05, 0) is 12.1 Å². The van der Waals surface area contributed by atoms with E-state index >= 15 is 0 Å². The van der Waals surface area contributed by atoms with Crippen LogP contribution >= 0.6 is 23.2 Å². The zero-order valence-electron chi connectivity index (χ0n) is 24.4. The van der Waals surface area contributed by atoms with Crippen molar-refractivity contribution >= 4 is 23.2 Å². The van der Waals surface area contributed by atoms with Crippen molar-refractivity contribution in [2.45, 2.75) is 25.2 Å². The molecule has 6 heterocycles. The molecule has 2 aromatic heterocycles. The highest BCUT2D eigenvalue weighted by atomic mass is 35.5. The highest BCUT2D eigenvalue weighted by Crippen LogP contribution is 2.42. The van der Waals surface area contributed by atoms with E-state index in [4.69, 9.17) is 42.6 Å². The zero-order valence-corrected chi connectivity index (χ0v) is 25.9. The molecule has 8 rings (SSSR count). The number of fused-ring (bicyclic) bond motifs is 2. The maximum Gasteiger partial charge on any atom is 0.218 e. The van der Waals surface area contributed by atoms with Crippen LogP contribution in [-0.4, -0.2) is 84.3 Å².